The van der Waals surface area contributed by atoms with Crippen molar-refractivity contribution in [1.82, 2.24) is 15.6 Å². The van der Waals surface area contributed by atoms with Gasteiger partial charge < -0.3 is 25.0 Å². The van der Waals surface area contributed by atoms with Crippen LogP contribution in [0.3, 0.4) is 0 Å². The van der Waals surface area contributed by atoms with Crippen LogP contribution in [0.4, 0.5) is 20.4 Å². The molecule has 240 valence electrons. The number of rotatable bonds is 16. The summed E-state index contributed by atoms with van der Waals surface area (Å²) < 4.78 is 35.3. The Balaban J connectivity index is 1.47. The molecule has 1 aromatic carbocycles. The van der Waals surface area contributed by atoms with Gasteiger partial charge in [0.2, 0.25) is 0 Å². The molecule has 10 heteroatoms. The molecule has 7 nitrogen and oxygen atoms in total. The number of benzene rings is 1. The fourth-order valence-corrected chi connectivity index (χ4v) is 5.64. The monoisotopic (exact) mass is 627 g/mol. The number of hydrogen-bond donors (Lipinski definition) is 3. The predicted octanol–water partition coefficient (Wildman–Crippen LogP) is 6.66. The van der Waals surface area contributed by atoms with Gasteiger partial charge >= 0.3 is 0 Å². The Morgan fingerprint density at radius 2 is 1.89 bits per heavy atom. The normalized spacial score (nSPS) is 18.3. The van der Waals surface area contributed by atoms with Crippen molar-refractivity contribution in [3.63, 3.8) is 0 Å². The number of anilines is 2. The maximum Gasteiger partial charge on any atom is 0.251 e. The van der Waals surface area contributed by atoms with Gasteiger partial charge in [-0.15, -0.1) is 5.92 Å². The molecule has 2 aliphatic rings. The van der Waals surface area contributed by atoms with Gasteiger partial charge in [-0.25, -0.2) is 13.8 Å². The molecule has 1 amide bonds. The van der Waals surface area contributed by atoms with E-state index >= 15 is 0 Å². The standard InChI is InChI=1S/C34H47F2N5O2S/c1-22(2)44-41(6)32-16-25(15-31(40-32)37-20-26-14-23(26)3)33(42)39-29(21-43-30-18-27(35)17-28(36)19-30)11-13-38-34(4,5)12-7-8-24-9-10-24/h15-19,22-24,26,29,38H,8-11,13-14,20-21H2,1-6H3,(H,37,40)(H,39,42)/t23-,26+,29+/m0/s1. The molecule has 1 heterocycles. The summed E-state index contributed by atoms with van der Waals surface area (Å²) >= 11 is 1.63. The number of nitrogens with one attached hydrogen (secondary N) is 3. The average Bonchev–Trinajstić information content (AvgIpc) is 3.87. The molecule has 3 N–H and O–H groups in total. The van der Waals surface area contributed by atoms with Crippen molar-refractivity contribution in [3.05, 3.63) is 47.5 Å². The minimum Gasteiger partial charge on any atom is -0.491 e. The zero-order valence-corrected chi connectivity index (χ0v) is 27.6. The van der Waals surface area contributed by atoms with Gasteiger partial charge in [0.1, 0.15) is 35.6 Å². The molecule has 0 unspecified atom stereocenters. The number of carbonyl (C=O) groups excluding carboxylic acids is 1. The highest BCUT2D eigenvalue weighted by molar-refractivity contribution is 8.01. The number of halogens is 2. The van der Waals surface area contributed by atoms with Gasteiger partial charge in [0.25, 0.3) is 5.91 Å². The lowest BCUT2D eigenvalue weighted by Gasteiger charge is -2.24. The zero-order chi connectivity index (χ0) is 31.9. The van der Waals surface area contributed by atoms with E-state index in [2.05, 4.69) is 48.6 Å². The number of carbonyl (C=O) groups is 1. The average molecular weight is 628 g/mol. The van der Waals surface area contributed by atoms with Crippen molar-refractivity contribution in [2.75, 3.05) is 36.4 Å². The van der Waals surface area contributed by atoms with Crippen LogP contribution in [0, 0.1) is 41.2 Å². The summed E-state index contributed by atoms with van der Waals surface area (Å²) in [7, 11) is 1.94. The van der Waals surface area contributed by atoms with E-state index in [1.807, 2.05) is 25.2 Å². The van der Waals surface area contributed by atoms with E-state index in [9.17, 15) is 13.6 Å². The third-order valence-electron chi connectivity index (χ3n) is 7.76. The van der Waals surface area contributed by atoms with Crippen molar-refractivity contribution < 1.29 is 18.3 Å². The molecule has 4 rings (SSSR count). The van der Waals surface area contributed by atoms with Gasteiger partial charge in [-0.1, -0.05) is 26.7 Å². The van der Waals surface area contributed by atoms with Crippen LogP contribution in [0.15, 0.2) is 30.3 Å². The van der Waals surface area contributed by atoms with Crippen LogP contribution >= 0.6 is 11.9 Å². The Morgan fingerprint density at radius 3 is 2.52 bits per heavy atom. The van der Waals surface area contributed by atoms with Crippen molar-refractivity contribution in [2.45, 2.75) is 83.6 Å². The van der Waals surface area contributed by atoms with Crippen LogP contribution in [0.2, 0.25) is 0 Å². The molecule has 0 bridgehead atoms. The van der Waals surface area contributed by atoms with Crippen molar-refractivity contribution in [2.24, 2.45) is 17.8 Å². The van der Waals surface area contributed by atoms with Gasteiger partial charge in [0.05, 0.1) is 11.6 Å². The highest BCUT2D eigenvalue weighted by atomic mass is 32.2. The van der Waals surface area contributed by atoms with Crippen LogP contribution in [0.5, 0.6) is 5.75 Å². The van der Waals surface area contributed by atoms with Gasteiger partial charge in [-0.05, 0) is 87.9 Å². The number of pyridine rings is 1. The smallest absolute Gasteiger partial charge is 0.251 e. The van der Waals surface area contributed by atoms with Gasteiger partial charge in [0.15, 0.2) is 0 Å². The highest BCUT2D eigenvalue weighted by Crippen LogP contribution is 2.37. The number of amides is 1. The fraction of sp³-hybridized carbons (Fsp3) is 0.588. The molecule has 0 radical (unpaired) electrons. The largest absolute Gasteiger partial charge is 0.491 e. The Morgan fingerprint density at radius 1 is 1.18 bits per heavy atom. The number of aromatic nitrogens is 1. The molecule has 2 aromatic rings. The van der Waals surface area contributed by atoms with Crippen LogP contribution in [0.1, 0.15) is 77.1 Å². The van der Waals surface area contributed by atoms with Crippen molar-refractivity contribution in [3.8, 4) is 17.6 Å². The molecule has 2 fully saturated rings. The molecule has 3 atom stereocenters. The van der Waals surface area contributed by atoms with E-state index in [0.29, 0.717) is 47.3 Å². The Kier molecular flexibility index (Phi) is 11.8. The summed E-state index contributed by atoms with van der Waals surface area (Å²) in [5.41, 5.74) is 0.0764. The Labute approximate surface area is 265 Å². The fourth-order valence-electron chi connectivity index (χ4n) is 4.80. The SMILES string of the molecule is CC(C)SN(C)c1cc(C(=O)N[C@H](CCNC(C)(C)C#CCC2CC2)COc2cc(F)cc(F)c2)cc(NC[C@H]2C[C@@H]2C)n1. The van der Waals surface area contributed by atoms with Crippen LogP contribution in [0.25, 0.3) is 0 Å². The predicted molar refractivity (Wildman–Crippen MR) is 176 cm³/mol. The molecule has 2 aliphatic carbocycles. The second-order valence-corrected chi connectivity index (χ2v) is 14.7. The quantitative estimate of drug-likeness (QED) is 0.142. The third kappa shape index (κ3) is 11.5. The first-order valence-electron chi connectivity index (χ1n) is 15.7. The lowest BCUT2D eigenvalue weighted by atomic mass is 10.1. The highest BCUT2D eigenvalue weighted by Gasteiger charge is 2.32. The topological polar surface area (TPSA) is 78.5 Å². The van der Waals surface area contributed by atoms with Crippen LogP contribution in [-0.2, 0) is 0 Å². The van der Waals surface area contributed by atoms with Gasteiger partial charge in [0, 0.05) is 49.0 Å². The summed E-state index contributed by atoms with van der Waals surface area (Å²) in [5.74, 6) is 8.36. The van der Waals surface area contributed by atoms with Gasteiger partial charge in [-0.2, -0.15) is 0 Å². The third-order valence-corrected chi connectivity index (χ3v) is 8.68. The maximum absolute atomic E-state index is 13.8. The molecular weight excluding hydrogens is 580 g/mol. The number of hydrogen-bond acceptors (Lipinski definition) is 7. The Hall–Kier alpha value is -3.03. The van der Waals surface area contributed by atoms with E-state index in [-0.39, 0.29) is 18.3 Å². The van der Waals surface area contributed by atoms with Gasteiger partial charge in [-0.3, -0.25) is 4.79 Å². The summed E-state index contributed by atoms with van der Waals surface area (Å²) in [5, 5.41) is 10.3. The number of nitrogens with zero attached hydrogens (tertiary/aromatic N) is 2. The Bertz CT molecular complexity index is 1320. The summed E-state index contributed by atoms with van der Waals surface area (Å²) in [4.78, 5) is 18.5. The molecule has 0 spiro atoms. The lowest BCUT2D eigenvalue weighted by molar-refractivity contribution is 0.0918. The number of ether oxygens (including phenoxy) is 1. The van der Waals surface area contributed by atoms with Crippen molar-refractivity contribution >= 4 is 29.5 Å². The van der Waals surface area contributed by atoms with E-state index < -0.39 is 23.2 Å². The maximum atomic E-state index is 13.8. The van der Waals surface area contributed by atoms with E-state index in [0.717, 1.165) is 37.1 Å². The van der Waals surface area contributed by atoms with Crippen LogP contribution < -0.4 is 25.0 Å². The molecule has 1 aromatic heterocycles. The van der Waals surface area contributed by atoms with Crippen molar-refractivity contribution in [1.29, 1.82) is 0 Å². The first-order valence-corrected chi connectivity index (χ1v) is 16.5. The van der Waals surface area contributed by atoms with E-state index in [1.165, 1.54) is 19.3 Å². The van der Waals surface area contributed by atoms with E-state index in [4.69, 9.17) is 9.72 Å². The first kappa shape index (κ1) is 33.9. The lowest BCUT2D eigenvalue weighted by Crippen LogP contribution is -2.44. The molecule has 2 saturated carbocycles. The summed E-state index contributed by atoms with van der Waals surface area (Å²) in [6, 6.07) is 6.18. The first-order chi connectivity index (χ1) is 20.9. The zero-order valence-electron chi connectivity index (χ0n) is 26.8. The molecule has 44 heavy (non-hydrogen) atoms. The minimum atomic E-state index is -0.720. The molecular formula is C34H47F2N5O2S. The summed E-state index contributed by atoms with van der Waals surface area (Å²) in [6.45, 7) is 11.9. The van der Waals surface area contributed by atoms with E-state index in [1.54, 1.807) is 24.1 Å². The molecule has 0 saturated heterocycles. The summed E-state index contributed by atoms with van der Waals surface area (Å²) in [6.07, 6.45) is 5.17. The van der Waals surface area contributed by atoms with Crippen LogP contribution in [-0.4, -0.2) is 54.5 Å². The molecule has 0 aliphatic heterocycles. The minimum absolute atomic E-state index is 0.0375. The second kappa shape index (κ2) is 15.3. The second-order valence-electron chi connectivity index (χ2n) is 13.0.